The zero-order chi connectivity index (χ0) is 19.2. The Morgan fingerprint density at radius 1 is 1.38 bits per heavy atom. The third-order valence-electron chi connectivity index (χ3n) is 6.10. The van der Waals surface area contributed by atoms with Crippen LogP contribution in [0.3, 0.4) is 0 Å². The van der Waals surface area contributed by atoms with Gasteiger partial charge in [0.05, 0.1) is 19.1 Å². The summed E-state index contributed by atoms with van der Waals surface area (Å²) in [6, 6.07) is 2.11. The zero-order valence-electron chi connectivity index (χ0n) is 17.3. The van der Waals surface area contributed by atoms with E-state index in [1.165, 1.54) is 5.69 Å². The number of carbonyl (C=O) groups is 1. The average Bonchev–Trinajstić information content (AvgIpc) is 3.15. The first-order chi connectivity index (χ1) is 12.1. The third kappa shape index (κ3) is 3.55. The fraction of sp³-hybridized carbons (Fsp3) is 0.810. The molecule has 0 spiro atoms. The maximum absolute atomic E-state index is 13.2. The Labute approximate surface area is 157 Å². The second kappa shape index (κ2) is 6.66. The van der Waals surface area contributed by atoms with E-state index in [-0.39, 0.29) is 28.2 Å². The van der Waals surface area contributed by atoms with Crippen LogP contribution in [-0.4, -0.2) is 34.9 Å². The van der Waals surface area contributed by atoms with Crippen LogP contribution in [0.25, 0.3) is 0 Å². The Bertz CT molecular complexity index is 654. The number of amides is 1. The van der Waals surface area contributed by atoms with Gasteiger partial charge in [0.15, 0.2) is 0 Å². The van der Waals surface area contributed by atoms with Crippen LogP contribution in [0.15, 0.2) is 12.3 Å². The first-order valence-electron chi connectivity index (χ1n) is 9.91. The van der Waals surface area contributed by atoms with Crippen LogP contribution in [0.2, 0.25) is 0 Å². The molecule has 0 saturated heterocycles. The zero-order valence-corrected chi connectivity index (χ0v) is 17.3. The minimum absolute atomic E-state index is 0.0309. The van der Waals surface area contributed by atoms with Crippen molar-refractivity contribution in [3.05, 3.63) is 18.0 Å². The van der Waals surface area contributed by atoms with Gasteiger partial charge >= 0.3 is 0 Å². The fourth-order valence-electron chi connectivity index (χ4n) is 5.72. The molecule has 3 atom stereocenters. The summed E-state index contributed by atoms with van der Waals surface area (Å²) < 4.78 is 7.27. The lowest BCUT2D eigenvalue weighted by Gasteiger charge is -2.48. The molecule has 3 saturated carbocycles. The van der Waals surface area contributed by atoms with E-state index in [0.29, 0.717) is 12.5 Å². The summed E-state index contributed by atoms with van der Waals surface area (Å²) in [4.78, 5) is 13.2. The van der Waals surface area contributed by atoms with E-state index < -0.39 is 0 Å². The standard InChI is InChI=1S/C21H35N3O2/c1-19(2,3)14-20(4,5)23-18(25)17-15-7-9-21(17,13-15)16-8-10-22-24(16)11-12-26-6/h8,10,15,17H,7,9,11-14H2,1-6H3,(H,23,25). The lowest BCUT2D eigenvalue weighted by atomic mass is 9.58. The molecule has 5 heteroatoms. The fourth-order valence-corrected chi connectivity index (χ4v) is 5.72. The molecular formula is C21H35N3O2. The molecule has 1 aromatic heterocycles. The first-order valence-corrected chi connectivity index (χ1v) is 9.91. The molecular weight excluding hydrogens is 326 g/mol. The first kappa shape index (κ1) is 19.4. The predicted molar refractivity (Wildman–Crippen MR) is 103 cm³/mol. The van der Waals surface area contributed by atoms with Gasteiger partial charge in [-0.05, 0) is 56.9 Å². The summed E-state index contributed by atoms with van der Waals surface area (Å²) >= 11 is 0. The van der Waals surface area contributed by atoms with Gasteiger partial charge in [0, 0.05) is 30.0 Å². The number of ether oxygens (including phenoxy) is 1. The molecule has 3 aliphatic carbocycles. The Morgan fingerprint density at radius 2 is 2.12 bits per heavy atom. The number of rotatable bonds is 7. The van der Waals surface area contributed by atoms with E-state index >= 15 is 0 Å². The normalized spacial score (nSPS) is 28.1. The highest BCUT2D eigenvalue weighted by molar-refractivity contribution is 5.83. The summed E-state index contributed by atoms with van der Waals surface area (Å²) in [5.74, 6) is 0.832. The molecule has 4 rings (SSSR count). The predicted octanol–water partition coefficient (Wildman–Crippen LogP) is 3.53. The number of fused-ring (bicyclic) bond motifs is 1. The minimum atomic E-state index is -0.193. The van der Waals surface area contributed by atoms with Crippen molar-refractivity contribution >= 4 is 5.91 Å². The maximum atomic E-state index is 13.2. The summed E-state index contributed by atoms with van der Waals surface area (Å²) in [5.41, 5.74) is 1.18. The maximum Gasteiger partial charge on any atom is 0.224 e. The molecule has 5 nitrogen and oxygen atoms in total. The van der Waals surface area contributed by atoms with Crippen molar-refractivity contribution in [1.82, 2.24) is 15.1 Å². The Morgan fingerprint density at radius 3 is 2.73 bits per heavy atom. The van der Waals surface area contributed by atoms with E-state index in [4.69, 9.17) is 4.74 Å². The van der Waals surface area contributed by atoms with Gasteiger partial charge in [-0.15, -0.1) is 0 Å². The van der Waals surface area contributed by atoms with E-state index in [1.54, 1.807) is 7.11 Å². The van der Waals surface area contributed by atoms with Crippen molar-refractivity contribution in [3.8, 4) is 0 Å². The number of aromatic nitrogens is 2. The summed E-state index contributed by atoms with van der Waals surface area (Å²) in [7, 11) is 1.71. The van der Waals surface area contributed by atoms with Crippen molar-refractivity contribution < 1.29 is 9.53 Å². The molecule has 0 radical (unpaired) electrons. The van der Waals surface area contributed by atoms with Gasteiger partial charge in [0.25, 0.3) is 0 Å². The van der Waals surface area contributed by atoms with Crippen LogP contribution in [0, 0.1) is 17.3 Å². The smallest absolute Gasteiger partial charge is 0.224 e. The highest BCUT2D eigenvalue weighted by Gasteiger charge is 2.64. The van der Waals surface area contributed by atoms with Crippen LogP contribution < -0.4 is 5.32 Å². The number of nitrogens with zero attached hydrogens (tertiary/aromatic N) is 2. The number of carbonyl (C=O) groups excluding carboxylic acids is 1. The highest BCUT2D eigenvalue weighted by atomic mass is 16.5. The van der Waals surface area contributed by atoms with Gasteiger partial charge in [-0.2, -0.15) is 5.10 Å². The molecule has 3 fully saturated rings. The van der Waals surface area contributed by atoms with Crippen molar-refractivity contribution in [2.45, 2.75) is 77.8 Å². The Hall–Kier alpha value is -1.36. The van der Waals surface area contributed by atoms with Crippen molar-refractivity contribution in [2.24, 2.45) is 17.3 Å². The minimum Gasteiger partial charge on any atom is -0.383 e. The van der Waals surface area contributed by atoms with Crippen LogP contribution in [0.5, 0.6) is 0 Å². The molecule has 2 bridgehead atoms. The van der Waals surface area contributed by atoms with E-state index in [2.05, 4.69) is 51.1 Å². The molecule has 146 valence electrons. The van der Waals surface area contributed by atoms with Gasteiger partial charge < -0.3 is 10.1 Å². The average molecular weight is 362 g/mol. The molecule has 3 unspecified atom stereocenters. The van der Waals surface area contributed by atoms with E-state index in [0.717, 1.165) is 32.2 Å². The van der Waals surface area contributed by atoms with E-state index in [9.17, 15) is 4.79 Å². The highest BCUT2D eigenvalue weighted by Crippen LogP contribution is 2.64. The summed E-state index contributed by atoms with van der Waals surface area (Å²) in [6.07, 6.45) is 6.18. The summed E-state index contributed by atoms with van der Waals surface area (Å²) in [6.45, 7) is 12.4. The molecule has 3 aliphatic rings. The number of hydrogen-bond acceptors (Lipinski definition) is 3. The second-order valence-electron chi connectivity index (χ2n) is 10.2. The molecule has 1 amide bonds. The molecule has 1 N–H and O–H groups in total. The lowest BCUT2D eigenvalue weighted by Crippen LogP contribution is -2.57. The Kier molecular flexibility index (Phi) is 4.97. The monoisotopic (exact) mass is 361 g/mol. The van der Waals surface area contributed by atoms with Gasteiger partial charge in [-0.1, -0.05) is 20.8 Å². The number of nitrogens with one attached hydrogen (secondary N) is 1. The van der Waals surface area contributed by atoms with Gasteiger partial charge in [0.2, 0.25) is 5.91 Å². The molecule has 1 heterocycles. The largest absolute Gasteiger partial charge is 0.383 e. The van der Waals surface area contributed by atoms with Crippen LogP contribution in [0.1, 0.15) is 66.0 Å². The third-order valence-corrected chi connectivity index (χ3v) is 6.10. The molecule has 0 aliphatic heterocycles. The van der Waals surface area contributed by atoms with Gasteiger partial charge in [0.1, 0.15) is 0 Å². The van der Waals surface area contributed by atoms with Crippen LogP contribution in [-0.2, 0) is 21.5 Å². The topological polar surface area (TPSA) is 56.2 Å². The summed E-state index contributed by atoms with van der Waals surface area (Å²) in [5, 5.41) is 7.86. The quantitative estimate of drug-likeness (QED) is 0.808. The van der Waals surface area contributed by atoms with Crippen LogP contribution >= 0.6 is 0 Å². The molecule has 0 aromatic carbocycles. The van der Waals surface area contributed by atoms with Crippen LogP contribution in [0.4, 0.5) is 0 Å². The SMILES string of the molecule is COCCn1nccc1C12CCC(C1)C2C(=O)NC(C)(C)CC(C)(C)C. The van der Waals surface area contributed by atoms with Gasteiger partial charge in [-0.25, -0.2) is 0 Å². The second-order valence-corrected chi connectivity index (χ2v) is 10.2. The van der Waals surface area contributed by atoms with Crippen molar-refractivity contribution in [3.63, 3.8) is 0 Å². The molecule has 1 aromatic rings. The van der Waals surface area contributed by atoms with Gasteiger partial charge in [-0.3, -0.25) is 9.48 Å². The Balaban J connectivity index is 1.77. The van der Waals surface area contributed by atoms with Crippen molar-refractivity contribution in [1.29, 1.82) is 0 Å². The lowest BCUT2D eigenvalue weighted by molar-refractivity contribution is -0.135. The number of methoxy groups -OCH3 is 1. The van der Waals surface area contributed by atoms with E-state index in [1.807, 2.05) is 10.9 Å². The molecule has 26 heavy (non-hydrogen) atoms. The van der Waals surface area contributed by atoms with Crippen molar-refractivity contribution in [2.75, 3.05) is 13.7 Å². The number of hydrogen-bond donors (Lipinski definition) is 1.